The molecule has 94 valence electrons. The molecule has 0 radical (unpaired) electrons. The molecule has 2 atom stereocenters. The maximum Gasteiger partial charge on any atom is 0.307 e. The molecule has 1 aliphatic heterocycles. The van der Waals surface area contributed by atoms with Crippen molar-refractivity contribution in [3.8, 4) is 0 Å². The van der Waals surface area contributed by atoms with E-state index < -0.39 is 11.9 Å². The summed E-state index contributed by atoms with van der Waals surface area (Å²) in [6.07, 6.45) is 0.440. The predicted octanol–water partition coefficient (Wildman–Crippen LogP) is 1.38. The highest BCUT2D eigenvalue weighted by atomic mass is 16.5. The first-order valence-corrected chi connectivity index (χ1v) is 5.88. The van der Waals surface area contributed by atoms with Crippen LogP contribution in [0.4, 0.5) is 5.69 Å². The summed E-state index contributed by atoms with van der Waals surface area (Å²) in [6, 6.07) is 5.64. The lowest BCUT2D eigenvalue weighted by atomic mass is 10.1. The lowest BCUT2D eigenvalue weighted by Gasteiger charge is -2.06. The molecule has 0 saturated heterocycles. The Morgan fingerprint density at radius 2 is 2.00 bits per heavy atom. The van der Waals surface area contributed by atoms with Gasteiger partial charge in [0.15, 0.2) is 0 Å². The normalized spacial score (nSPS) is 24.4. The van der Waals surface area contributed by atoms with E-state index in [1.165, 1.54) is 0 Å². The molecule has 2 N–H and O–H groups in total. The quantitative estimate of drug-likeness (QED) is 0.846. The number of anilines is 1. The fourth-order valence-electron chi connectivity index (χ4n) is 2.24. The minimum atomic E-state index is -0.891. The first-order valence-electron chi connectivity index (χ1n) is 5.88. The Morgan fingerprint density at radius 3 is 2.72 bits per heavy atom. The van der Waals surface area contributed by atoms with Crippen LogP contribution in [-0.4, -0.2) is 17.0 Å². The van der Waals surface area contributed by atoms with Gasteiger partial charge >= 0.3 is 5.97 Å². The Labute approximate surface area is 104 Å². The van der Waals surface area contributed by atoms with Crippen LogP contribution in [-0.2, 0) is 27.5 Å². The van der Waals surface area contributed by atoms with Crippen molar-refractivity contribution in [1.29, 1.82) is 0 Å². The Bertz CT molecular complexity index is 526. The van der Waals surface area contributed by atoms with Crippen molar-refractivity contribution in [3.05, 3.63) is 29.3 Å². The number of carbonyl (C=O) groups excluding carboxylic acids is 1. The number of hydrogen-bond acceptors (Lipinski definition) is 3. The van der Waals surface area contributed by atoms with Crippen molar-refractivity contribution >= 4 is 17.6 Å². The molecular formula is C13H13NO4. The molecule has 5 nitrogen and oxygen atoms in total. The maximum absolute atomic E-state index is 11.8. The Balaban J connectivity index is 1.67. The Morgan fingerprint density at radius 1 is 1.22 bits per heavy atom. The van der Waals surface area contributed by atoms with E-state index in [1.807, 2.05) is 18.2 Å². The molecule has 1 aliphatic carbocycles. The van der Waals surface area contributed by atoms with E-state index in [2.05, 4.69) is 5.32 Å². The number of fused-ring (bicyclic) bond motifs is 1. The number of nitrogens with one attached hydrogen (secondary N) is 1. The second kappa shape index (κ2) is 4.10. The van der Waals surface area contributed by atoms with Gasteiger partial charge < -0.3 is 15.2 Å². The molecule has 0 aromatic heterocycles. The summed E-state index contributed by atoms with van der Waals surface area (Å²) in [5.41, 5.74) is 2.93. The van der Waals surface area contributed by atoms with Gasteiger partial charge in [-0.1, -0.05) is 6.07 Å². The lowest BCUT2D eigenvalue weighted by Crippen LogP contribution is -2.16. The van der Waals surface area contributed by atoms with E-state index in [9.17, 15) is 9.59 Å². The van der Waals surface area contributed by atoms with Gasteiger partial charge in [-0.05, 0) is 29.7 Å². The number of amides is 1. The molecule has 2 unspecified atom stereocenters. The summed E-state index contributed by atoms with van der Waals surface area (Å²) in [6.45, 7) is 1.19. The molecule has 1 saturated carbocycles. The number of carboxylic acids is 1. The molecule has 1 amide bonds. The Hall–Kier alpha value is -1.88. The summed E-state index contributed by atoms with van der Waals surface area (Å²) in [7, 11) is 0. The zero-order valence-electron chi connectivity index (χ0n) is 9.68. The summed E-state index contributed by atoms with van der Waals surface area (Å²) in [5.74, 6) is -1.99. The lowest BCUT2D eigenvalue weighted by molar-refractivity contribution is -0.139. The zero-order valence-corrected chi connectivity index (χ0v) is 9.68. The van der Waals surface area contributed by atoms with Gasteiger partial charge in [0.1, 0.15) is 0 Å². The summed E-state index contributed by atoms with van der Waals surface area (Å²) >= 11 is 0. The van der Waals surface area contributed by atoms with E-state index in [0.29, 0.717) is 25.3 Å². The van der Waals surface area contributed by atoms with Crippen molar-refractivity contribution in [1.82, 2.24) is 0 Å². The van der Waals surface area contributed by atoms with Gasteiger partial charge in [0.2, 0.25) is 5.91 Å². The topological polar surface area (TPSA) is 75.6 Å². The SMILES string of the molecule is O=C(O)C1CC1C(=O)Nc1ccc2c(c1)COC2. The molecule has 0 spiro atoms. The number of hydrogen-bond donors (Lipinski definition) is 2. The van der Waals surface area contributed by atoms with Crippen LogP contribution in [0.15, 0.2) is 18.2 Å². The number of aliphatic carboxylic acids is 1. The van der Waals surface area contributed by atoms with E-state index in [4.69, 9.17) is 9.84 Å². The van der Waals surface area contributed by atoms with Crippen molar-refractivity contribution in [3.63, 3.8) is 0 Å². The molecule has 0 bridgehead atoms. The van der Waals surface area contributed by atoms with Crippen LogP contribution in [0.1, 0.15) is 17.5 Å². The number of carboxylic acid groups (broad SMARTS) is 1. The minimum Gasteiger partial charge on any atom is -0.481 e. The van der Waals surface area contributed by atoms with E-state index >= 15 is 0 Å². The van der Waals surface area contributed by atoms with Crippen molar-refractivity contribution < 1.29 is 19.4 Å². The smallest absolute Gasteiger partial charge is 0.307 e. The van der Waals surface area contributed by atoms with Gasteiger partial charge in [-0.15, -0.1) is 0 Å². The van der Waals surface area contributed by atoms with Crippen LogP contribution in [0.25, 0.3) is 0 Å². The third kappa shape index (κ3) is 1.97. The van der Waals surface area contributed by atoms with Crippen LogP contribution in [0.2, 0.25) is 0 Å². The first kappa shape index (κ1) is 11.2. The predicted molar refractivity (Wildman–Crippen MR) is 62.8 cm³/mol. The average Bonchev–Trinajstić information content (AvgIpc) is 3.02. The molecular weight excluding hydrogens is 234 g/mol. The van der Waals surface area contributed by atoms with Crippen molar-refractivity contribution in [2.45, 2.75) is 19.6 Å². The zero-order chi connectivity index (χ0) is 12.7. The van der Waals surface area contributed by atoms with Gasteiger partial charge in [-0.2, -0.15) is 0 Å². The number of ether oxygens (including phenoxy) is 1. The summed E-state index contributed by atoms with van der Waals surface area (Å²) in [5, 5.41) is 11.5. The average molecular weight is 247 g/mol. The molecule has 1 aromatic rings. The standard InChI is InChI=1S/C13H13NO4/c15-12(10-4-11(10)13(16)17)14-9-2-1-7-5-18-6-8(7)3-9/h1-3,10-11H,4-6H2,(H,14,15)(H,16,17). The fraction of sp³-hybridized carbons (Fsp3) is 0.385. The minimum absolute atomic E-state index is 0.207. The molecule has 1 fully saturated rings. The number of benzene rings is 1. The van der Waals surface area contributed by atoms with Crippen LogP contribution < -0.4 is 5.32 Å². The van der Waals surface area contributed by atoms with Gasteiger partial charge in [-0.3, -0.25) is 9.59 Å². The molecule has 1 aromatic carbocycles. The van der Waals surface area contributed by atoms with E-state index in [1.54, 1.807) is 0 Å². The van der Waals surface area contributed by atoms with Crippen molar-refractivity contribution in [2.75, 3.05) is 5.32 Å². The van der Waals surface area contributed by atoms with Crippen LogP contribution in [0.5, 0.6) is 0 Å². The monoisotopic (exact) mass is 247 g/mol. The first-order chi connectivity index (χ1) is 8.65. The molecule has 18 heavy (non-hydrogen) atoms. The van der Waals surface area contributed by atoms with E-state index in [-0.39, 0.29) is 11.8 Å². The van der Waals surface area contributed by atoms with Crippen molar-refractivity contribution in [2.24, 2.45) is 11.8 Å². The highest BCUT2D eigenvalue weighted by Crippen LogP contribution is 2.39. The molecule has 3 rings (SSSR count). The van der Waals surface area contributed by atoms with Gasteiger partial charge in [0, 0.05) is 5.69 Å². The molecule has 2 aliphatic rings. The highest BCUT2D eigenvalue weighted by molar-refractivity contribution is 5.98. The largest absolute Gasteiger partial charge is 0.481 e. The summed E-state index contributed by atoms with van der Waals surface area (Å²) in [4.78, 5) is 22.5. The number of carbonyl (C=O) groups is 2. The second-order valence-electron chi connectivity index (χ2n) is 4.75. The summed E-state index contributed by atoms with van der Waals surface area (Å²) < 4.78 is 5.29. The van der Waals surface area contributed by atoms with Gasteiger partial charge in [-0.25, -0.2) is 0 Å². The molecule has 1 heterocycles. The third-order valence-electron chi connectivity index (χ3n) is 3.43. The molecule has 5 heteroatoms. The van der Waals surface area contributed by atoms with Crippen LogP contribution in [0, 0.1) is 11.8 Å². The van der Waals surface area contributed by atoms with Gasteiger partial charge in [0.25, 0.3) is 0 Å². The maximum atomic E-state index is 11.8. The number of rotatable bonds is 3. The van der Waals surface area contributed by atoms with Crippen LogP contribution in [0.3, 0.4) is 0 Å². The third-order valence-corrected chi connectivity index (χ3v) is 3.43. The van der Waals surface area contributed by atoms with E-state index in [0.717, 1.165) is 11.1 Å². The van der Waals surface area contributed by atoms with Crippen LogP contribution >= 0.6 is 0 Å². The van der Waals surface area contributed by atoms with Gasteiger partial charge in [0.05, 0.1) is 25.0 Å². The fourth-order valence-corrected chi connectivity index (χ4v) is 2.24. The second-order valence-corrected chi connectivity index (χ2v) is 4.75. The highest BCUT2D eigenvalue weighted by Gasteiger charge is 2.48. The Kier molecular flexibility index (Phi) is 2.56.